The largest absolute Gasteiger partial charge is 0.497 e. The van der Waals surface area contributed by atoms with Crippen molar-refractivity contribution in [2.75, 3.05) is 38.8 Å². The van der Waals surface area contributed by atoms with Gasteiger partial charge in [-0.3, -0.25) is 9.59 Å². The second kappa shape index (κ2) is 13.8. The monoisotopic (exact) mass is 668 g/mol. The van der Waals surface area contributed by atoms with Gasteiger partial charge in [-0.05, 0) is 61.6 Å². The predicted molar refractivity (Wildman–Crippen MR) is 179 cm³/mol. The Morgan fingerprint density at radius 2 is 1.78 bits per heavy atom. The third kappa shape index (κ3) is 7.29. The molecule has 5 rings (SSSR count). The molecule has 45 heavy (non-hydrogen) atoms. The summed E-state index contributed by atoms with van der Waals surface area (Å²) in [6.07, 6.45) is 1.09. The van der Waals surface area contributed by atoms with Crippen LogP contribution in [0.15, 0.2) is 72.1 Å². The van der Waals surface area contributed by atoms with E-state index in [0.717, 1.165) is 21.2 Å². The van der Waals surface area contributed by atoms with Gasteiger partial charge in [0, 0.05) is 46.2 Å². The number of hydrogen-bond donors (Lipinski definition) is 0. The van der Waals surface area contributed by atoms with Crippen LogP contribution in [0.4, 0.5) is 0 Å². The fourth-order valence-corrected chi connectivity index (χ4v) is 8.07. The van der Waals surface area contributed by atoms with Crippen LogP contribution in [0.3, 0.4) is 0 Å². The van der Waals surface area contributed by atoms with Crippen molar-refractivity contribution in [3.8, 4) is 11.5 Å². The Morgan fingerprint density at radius 1 is 1.02 bits per heavy atom. The number of likely N-dealkylation sites (tertiary alicyclic amines) is 1. The first-order chi connectivity index (χ1) is 21.5. The Labute approximate surface area is 273 Å². The highest BCUT2D eigenvalue weighted by Gasteiger charge is 2.51. The van der Waals surface area contributed by atoms with Gasteiger partial charge in [-0.15, -0.1) is 11.3 Å². The third-order valence-electron chi connectivity index (χ3n) is 8.47. The summed E-state index contributed by atoms with van der Waals surface area (Å²) in [5, 5.41) is 3.32. The molecule has 0 bridgehead atoms. The van der Waals surface area contributed by atoms with Crippen molar-refractivity contribution < 1.29 is 27.5 Å². The van der Waals surface area contributed by atoms with Crippen molar-refractivity contribution in [1.29, 1.82) is 0 Å². The molecule has 1 aliphatic heterocycles. The molecule has 1 unspecified atom stereocenters. The standard InChI is InChI=1S/C34H37ClN2O6S2/c1-34(16-18-37(34)32(38)29-23-44-31-8-5-4-7-28(29)31)33(39)36(22-24-9-12-26(35)13-10-24)17-6-19-45(40,41)20-15-25-11-14-27(42-2)21-30(25)43-3/h4-5,7-14,21,23H,6,15-20,22H2,1-3H3. The maximum Gasteiger partial charge on any atom is 0.256 e. The zero-order valence-corrected chi connectivity index (χ0v) is 28.0. The number of fused-ring (bicyclic) bond motifs is 1. The van der Waals surface area contributed by atoms with Crippen molar-refractivity contribution in [2.24, 2.45) is 0 Å². The van der Waals surface area contributed by atoms with E-state index in [-0.39, 0.29) is 42.8 Å². The van der Waals surface area contributed by atoms with Crippen molar-refractivity contribution in [3.63, 3.8) is 0 Å². The fourth-order valence-electron chi connectivity index (χ4n) is 5.70. The Kier molecular flexibility index (Phi) is 10.1. The van der Waals surface area contributed by atoms with E-state index in [2.05, 4.69) is 0 Å². The number of halogens is 1. The fraction of sp³-hybridized carbons (Fsp3) is 0.353. The number of ether oxygens (including phenoxy) is 2. The van der Waals surface area contributed by atoms with Gasteiger partial charge in [-0.2, -0.15) is 0 Å². The number of nitrogens with zero attached hydrogens (tertiary/aromatic N) is 2. The van der Waals surface area contributed by atoms with E-state index in [1.54, 1.807) is 55.2 Å². The lowest BCUT2D eigenvalue weighted by molar-refractivity contribution is -0.149. The third-order valence-corrected chi connectivity index (χ3v) is 11.4. The first-order valence-electron chi connectivity index (χ1n) is 14.8. The minimum atomic E-state index is -3.43. The summed E-state index contributed by atoms with van der Waals surface area (Å²) in [6, 6.07) is 20.3. The molecule has 1 atom stereocenters. The highest BCUT2D eigenvalue weighted by Crippen LogP contribution is 2.37. The van der Waals surface area contributed by atoms with Gasteiger partial charge in [-0.25, -0.2) is 8.42 Å². The lowest BCUT2D eigenvalue weighted by Crippen LogP contribution is -2.67. The van der Waals surface area contributed by atoms with Crippen molar-refractivity contribution >= 4 is 54.7 Å². The van der Waals surface area contributed by atoms with Gasteiger partial charge < -0.3 is 19.3 Å². The molecule has 8 nitrogen and oxygen atoms in total. The van der Waals surface area contributed by atoms with E-state index in [9.17, 15) is 18.0 Å². The number of thiophene rings is 1. The Balaban J connectivity index is 1.28. The minimum absolute atomic E-state index is 0.0462. The quantitative estimate of drug-likeness (QED) is 0.167. The van der Waals surface area contributed by atoms with Gasteiger partial charge >= 0.3 is 0 Å². The molecule has 0 radical (unpaired) electrons. The number of rotatable bonds is 13. The van der Waals surface area contributed by atoms with Crippen LogP contribution in [0.25, 0.3) is 10.1 Å². The Morgan fingerprint density at radius 3 is 2.47 bits per heavy atom. The van der Waals surface area contributed by atoms with E-state index in [4.69, 9.17) is 21.1 Å². The lowest BCUT2D eigenvalue weighted by atomic mass is 9.84. The molecule has 1 aromatic heterocycles. The maximum atomic E-state index is 14.2. The van der Waals surface area contributed by atoms with Crippen molar-refractivity contribution in [3.05, 3.63) is 93.8 Å². The number of amides is 2. The second-order valence-corrected chi connectivity index (χ2v) is 15.1. The number of hydrogen-bond acceptors (Lipinski definition) is 7. The average molecular weight is 669 g/mol. The van der Waals surface area contributed by atoms with Crippen LogP contribution in [0.5, 0.6) is 11.5 Å². The molecule has 1 fully saturated rings. The van der Waals surface area contributed by atoms with Crippen molar-refractivity contribution in [1.82, 2.24) is 9.80 Å². The van der Waals surface area contributed by atoms with Crippen LogP contribution in [-0.4, -0.2) is 74.4 Å². The van der Waals surface area contributed by atoms with Gasteiger partial charge in [-0.1, -0.05) is 48.0 Å². The number of carbonyl (C=O) groups is 2. The normalized spacial score (nSPS) is 16.3. The SMILES string of the molecule is COc1ccc(CCS(=O)(=O)CCCN(Cc2ccc(Cl)cc2)C(=O)C2(C)CCN2C(=O)c2csc3ccccc23)c(OC)c1. The van der Waals surface area contributed by atoms with Crippen LogP contribution in [0.2, 0.25) is 5.02 Å². The molecule has 1 saturated heterocycles. The Hall–Kier alpha value is -3.60. The van der Waals surface area contributed by atoms with Gasteiger partial charge in [0.2, 0.25) is 5.91 Å². The second-order valence-electron chi connectivity index (χ2n) is 11.4. The van der Waals surface area contributed by atoms with Gasteiger partial charge in [0.25, 0.3) is 5.91 Å². The van der Waals surface area contributed by atoms with Crippen LogP contribution >= 0.6 is 22.9 Å². The summed E-state index contributed by atoms with van der Waals surface area (Å²) in [5.74, 6) is 0.723. The molecular weight excluding hydrogens is 632 g/mol. The molecule has 0 N–H and O–H groups in total. The first-order valence-corrected chi connectivity index (χ1v) is 17.9. The molecule has 0 saturated carbocycles. The number of sulfone groups is 1. The molecule has 3 aromatic carbocycles. The van der Waals surface area contributed by atoms with E-state index >= 15 is 0 Å². The lowest BCUT2D eigenvalue weighted by Gasteiger charge is -2.51. The van der Waals surface area contributed by atoms with E-state index in [1.165, 1.54) is 11.3 Å². The summed E-state index contributed by atoms with van der Waals surface area (Å²) >= 11 is 7.60. The number of aryl methyl sites for hydroxylation is 1. The summed E-state index contributed by atoms with van der Waals surface area (Å²) in [7, 11) is -0.325. The van der Waals surface area contributed by atoms with Crippen LogP contribution in [0.1, 0.15) is 41.3 Å². The van der Waals surface area contributed by atoms with Gasteiger partial charge in [0.15, 0.2) is 9.84 Å². The molecule has 2 heterocycles. The molecule has 0 spiro atoms. The summed E-state index contributed by atoms with van der Waals surface area (Å²) in [5.41, 5.74) is 1.21. The number of carbonyl (C=O) groups excluding carboxylic acids is 2. The van der Waals surface area contributed by atoms with E-state index in [0.29, 0.717) is 41.5 Å². The smallest absolute Gasteiger partial charge is 0.256 e. The maximum absolute atomic E-state index is 14.2. The summed E-state index contributed by atoms with van der Waals surface area (Å²) < 4.78 is 37.8. The first kappa shape index (κ1) is 32.8. The van der Waals surface area contributed by atoms with Gasteiger partial charge in [0.05, 0.1) is 31.3 Å². The highest BCUT2D eigenvalue weighted by molar-refractivity contribution is 7.91. The Bertz CT molecular complexity index is 1790. The zero-order chi connectivity index (χ0) is 32.2. The molecule has 2 amide bonds. The molecular formula is C34H37ClN2O6S2. The summed E-state index contributed by atoms with van der Waals surface area (Å²) in [6.45, 7) is 2.78. The summed E-state index contributed by atoms with van der Waals surface area (Å²) in [4.78, 5) is 31.2. The minimum Gasteiger partial charge on any atom is -0.497 e. The number of benzene rings is 3. The topological polar surface area (TPSA) is 93.2 Å². The zero-order valence-electron chi connectivity index (χ0n) is 25.6. The van der Waals surface area contributed by atoms with Crippen LogP contribution in [0, 0.1) is 0 Å². The van der Waals surface area contributed by atoms with E-state index in [1.807, 2.05) is 47.8 Å². The number of methoxy groups -OCH3 is 2. The predicted octanol–water partition coefficient (Wildman–Crippen LogP) is 6.25. The molecule has 1 aliphatic rings. The molecule has 4 aromatic rings. The molecule has 0 aliphatic carbocycles. The van der Waals surface area contributed by atoms with Crippen molar-refractivity contribution in [2.45, 2.75) is 38.3 Å². The molecule has 238 valence electrons. The van der Waals surface area contributed by atoms with Gasteiger partial charge in [0.1, 0.15) is 17.0 Å². The van der Waals surface area contributed by atoms with E-state index < -0.39 is 15.4 Å². The van der Waals surface area contributed by atoms with Crippen LogP contribution < -0.4 is 9.47 Å². The molecule has 11 heteroatoms. The highest BCUT2D eigenvalue weighted by atomic mass is 35.5. The van der Waals surface area contributed by atoms with Crippen LogP contribution in [-0.2, 0) is 27.6 Å². The average Bonchev–Trinajstić information content (AvgIpc) is 3.47.